The molecule has 30 heavy (non-hydrogen) atoms. The Bertz CT molecular complexity index is 998. The molecule has 0 aliphatic carbocycles. The summed E-state index contributed by atoms with van der Waals surface area (Å²) < 4.78 is 26.9. The van der Waals surface area contributed by atoms with Gasteiger partial charge in [-0.25, -0.2) is 18.6 Å². The molecule has 0 amide bonds. The molecule has 3 rings (SSSR count). The van der Waals surface area contributed by atoms with Crippen LogP contribution in [0.3, 0.4) is 0 Å². The van der Waals surface area contributed by atoms with Crippen molar-refractivity contribution in [2.75, 3.05) is 0 Å². The Balaban J connectivity index is 0.00000204. The fraction of sp³-hybridized carbons (Fsp3) is 0.227. The van der Waals surface area contributed by atoms with Crippen LogP contribution in [0.1, 0.15) is 49.6 Å². The van der Waals surface area contributed by atoms with Crippen molar-refractivity contribution in [2.45, 2.75) is 33.1 Å². The van der Waals surface area contributed by atoms with Gasteiger partial charge in [-0.05, 0) is 37.7 Å². The second-order valence-corrected chi connectivity index (χ2v) is 6.14. The minimum absolute atomic E-state index is 0. The van der Waals surface area contributed by atoms with Crippen LogP contribution in [0.5, 0.6) is 0 Å². The average Bonchev–Trinajstić information content (AvgIpc) is 2.69. The zero-order valence-corrected chi connectivity index (χ0v) is 19.6. The summed E-state index contributed by atoms with van der Waals surface area (Å²) in [6.07, 6.45) is 0. The Morgan fingerprint density at radius 3 is 2.13 bits per heavy atom. The SMILES string of the molecule is CC.CC(C)(c1cccc(C(=O)O)n1)c1cccc(-c2[c-]cc(F)nc2F)n1.[CH3-].[Pt+2]. The Morgan fingerprint density at radius 2 is 1.57 bits per heavy atom. The first-order valence-corrected chi connectivity index (χ1v) is 8.71. The first-order valence-electron chi connectivity index (χ1n) is 8.71. The van der Waals surface area contributed by atoms with Crippen LogP contribution in [-0.2, 0) is 26.5 Å². The second kappa shape index (κ2) is 11.6. The van der Waals surface area contributed by atoms with Crippen molar-refractivity contribution in [3.63, 3.8) is 0 Å². The number of aromatic nitrogens is 3. The minimum Gasteiger partial charge on any atom is -0.477 e. The first kappa shape index (κ1) is 27.5. The number of aromatic carboxylic acids is 1. The maximum Gasteiger partial charge on any atom is 2.00 e. The third-order valence-electron chi connectivity index (χ3n) is 4.00. The van der Waals surface area contributed by atoms with Crippen molar-refractivity contribution in [2.24, 2.45) is 0 Å². The summed E-state index contributed by atoms with van der Waals surface area (Å²) in [6, 6.07) is 13.1. The van der Waals surface area contributed by atoms with Crippen LogP contribution in [0.15, 0.2) is 42.5 Å². The standard InChI is InChI=1S/C19H14F2N3O2.C2H6.CH3.Pt/c1-19(2,15-8-4-6-13(23-15)18(25)26)14-7-3-5-12(22-14)11-9-10-16(20)24-17(11)21;1-2;;/h3-8,10H,1-2H3,(H,25,26);1-2H3;1H3;/q-1;;-1;+2. The molecule has 3 aromatic rings. The van der Waals surface area contributed by atoms with E-state index in [9.17, 15) is 13.6 Å². The van der Waals surface area contributed by atoms with E-state index in [4.69, 9.17) is 5.11 Å². The number of hydrogen-bond acceptors (Lipinski definition) is 4. The molecule has 0 aliphatic heterocycles. The normalized spacial score (nSPS) is 10.1. The molecule has 0 saturated carbocycles. The first-order chi connectivity index (χ1) is 13.3. The van der Waals surface area contributed by atoms with Crippen LogP contribution in [0.2, 0.25) is 0 Å². The van der Waals surface area contributed by atoms with Crippen molar-refractivity contribution in [3.8, 4) is 11.3 Å². The van der Waals surface area contributed by atoms with Crippen molar-refractivity contribution in [3.05, 3.63) is 84.9 Å². The summed E-state index contributed by atoms with van der Waals surface area (Å²) in [7, 11) is 0. The average molecular weight is 595 g/mol. The summed E-state index contributed by atoms with van der Waals surface area (Å²) in [6.45, 7) is 7.66. The molecule has 8 heteroatoms. The van der Waals surface area contributed by atoms with Crippen LogP contribution < -0.4 is 0 Å². The largest absolute Gasteiger partial charge is 2.00 e. The third-order valence-corrected chi connectivity index (χ3v) is 4.00. The molecule has 0 fully saturated rings. The smallest absolute Gasteiger partial charge is 0.477 e. The maximum atomic E-state index is 13.9. The van der Waals surface area contributed by atoms with Gasteiger partial charge in [0.05, 0.1) is 5.69 Å². The van der Waals surface area contributed by atoms with Crippen molar-refractivity contribution in [1.82, 2.24) is 15.0 Å². The van der Waals surface area contributed by atoms with E-state index >= 15 is 0 Å². The molecule has 0 radical (unpaired) electrons. The number of carboxylic acids is 1. The summed E-state index contributed by atoms with van der Waals surface area (Å²) >= 11 is 0. The van der Waals surface area contributed by atoms with Crippen LogP contribution in [0.4, 0.5) is 8.78 Å². The van der Waals surface area contributed by atoms with Gasteiger partial charge < -0.3 is 17.5 Å². The van der Waals surface area contributed by atoms with E-state index in [1.165, 1.54) is 6.07 Å². The Morgan fingerprint density at radius 1 is 1.00 bits per heavy atom. The number of nitrogens with zero attached hydrogens (tertiary/aromatic N) is 3. The molecule has 0 unspecified atom stereocenters. The fourth-order valence-corrected chi connectivity index (χ4v) is 2.51. The van der Waals surface area contributed by atoms with E-state index in [-0.39, 0.29) is 45.4 Å². The molecule has 0 bridgehead atoms. The van der Waals surface area contributed by atoms with E-state index in [0.717, 1.165) is 6.07 Å². The molecule has 0 spiro atoms. The molecule has 5 nitrogen and oxygen atoms in total. The van der Waals surface area contributed by atoms with E-state index < -0.39 is 23.3 Å². The molecular formula is C22H23F2N3O2Pt. The summed E-state index contributed by atoms with van der Waals surface area (Å²) in [5.74, 6) is -3.09. The predicted molar refractivity (Wildman–Crippen MR) is 107 cm³/mol. The second-order valence-electron chi connectivity index (χ2n) is 6.14. The Labute approximate surface area is 189 Å². The molecule has 1 N–H and O–H groups in total. The molecule has 0 aromatic carbocycles. The fourth-order valence-electron chi connectivity index (χ4n) is 2.51. The maximum absolute atomic E-state index is 13.9. The quantitative estimate of drug-likeness (QED) is 0.336. The Kier molecular flexibility index (Phi) is 10.6. The number of pyridine rings is 3. The van der Waals surface area contributed by atoms with Crippen molar-refractivity contribution >= 4 is 5.97 Å². The number of rotatable bonds is 4. The van der Waals surface area contributed by atoms with Gasteiger partial charge >= 0.3 is 27.0 Å². The van der Waals surface area contributed by atoms with Crippen LogP contribution >= 0.6 is 0 Å². The molecule has 3 aromatic heterocycles. The van der Waals surface area contributed by atoms with Crippen molar-refractivity contribution in [1.29, 1.82) is 0 Å². The van der Waals surface area contributed by atoms with Gasteiger partial charge in [0.15, 0.2) is 0 Å². The van der Waals surface area contributed by atoms with Gasteiger partial charge in [-0.15, -0.1) is 6.07 Å². The molecule has 0 aliphatic rings. The topological polar surface area (TPSA) is 76.0 Å². The third kappa shape index (κ3) is 5.99. The van der Waals surface area contributed by atoms with Gasteiger partial charge in [0.1, 0.15) is 17.6 Å². The number of carbonyl (C=O) groups is 1. The minimum atomic E-state index is -1.13. The Hall–Kier alpha value is -2.53. The van der Waals surface area contributed by atoms with E-state index in [0.29, 0.717) is 11.4 Å². The van der Waals surface area contributed by atoms with Gasteiger partial charge in [0, 0.05) is 11.1 Å². The van der Waals surface area contributed by atoms with E-state index in [1.807, 2.05) is 27.7 Å². The molecule has 162 valence electrons. The number of halogens is 2. The summed E-state index contributed by atoms with van der Waals surface area (Å²) in [5, 5.41) is 9.13. The van der Waals surface area contributed by atoms with Gasteiger partial charge in [-0.1, -0.05) is 43.7 Å². The van der Waals surface area contributed by atoms with Crippen LogP contribution in [0, 0.1) is 25.4 Å². The predicted octanol–water partition coefficient (Wildman–Crippen LogP) is 5.12. The molecular weight excluding hydrogens is 571 g/mol. The van der Waals surface area contributed by atoms with Crippen molar-refractivity contribution < 1.29 is 39.7 Å². The summed E-state index contributed by atoms with van der Waals surface area (Å²) in [5.41, 5.74) is 0.428. The van der Waals surface area contributed by atoms with Gasteiger partial charge in [0.25, 0.3) is 0 Å². The summed E-state index contributed by atoms with van der Waals surface area (Å²) in [4.78, 5) is 22.9. The zero-order chi connectivity index (χ0) is 20.9. The molecule has 0 atom stereocenters. The van der Waals surface area contributed by atoms with Gasteiger partial charge in [-0.3, -0.25) is 4.98 Å². The number of carboxylic acid groups (broad SMARTS) is 1. The van der Waals surface area contributed by atoms with E-state index in [2.05, 4.69) is 21.0 Å². The van der Waals surface area contributed by atoms with Crippen LogP contribution in [0.25, 0.3) is 11.3 Å². The molecule has 0 saturated heterocycles. The monoisotopic (exact) mass is 594 g/mol. The van der Waals surface area contributed by atoms with Gasteiger partial charge in [-0.2, -0.15) is 0 Å². The molecule has 3 heterocycles. The van der Waals surface area contributed by atoms with Crippen LogP contribution in [-0.4, -0.2) is 26.0 Å². The van der Waals surface area contributed by atoms with Gasteiger partial charge in [0.2, 0.25) is 0 Å². The van der Waals surface area contributed by atoms with E-state index in [1.54, 1.807) is 30.3 Å². The zero-order valence-electron chi connectivity index (χ0n) is 17.3. The number of hydrogen-bond donors (Lipinski definition) is 1.